The summed E-state index contributed by atoms with van der Waals surface area (Å²) in [6, 6.07) is 0. The van der Waals surface area contributed by atoms with Gasteiger partial charge < -0.3 is 20.5 Å². The molecule has 108 valence electrons. The van der Waals surface area contributed by atoms with Crippen LogP contribution in [0.1, 0.15) is 23.8 Å². The summed E-state index contributed by atoms with van der Waals surface area (Å²) >= 11 is 0. The highest BCUT2D eigenvalue weighted by molar-refractivity contribution is 5.97. The van der Waals surface area contributed by atoms with Crippen LogP contribution in [0.2, 0.25) is 0 Å². The summed E-state index contributed by atoms with van der Waals surface area (Å²) in [5, 5.41) is 6.83. The second-order valence-corrected chi connectivity index (χ2v) is 3.98. The van der Waals surface area contributed by atoms with E-state index in [1.54, 1.807) is 11.8 Å². The van der Waals surface area contributed by atoms with Gasteiger partial charge in [-0.05, 0) is 13.3 Å². The minimum atomic E-state index is -0.200. The number of amides is 1. The number of ether oxygens (including phenoxy) is 2. The van der Waals surface area contributed by atoms with Crippen molar-refractivity contribution in [3.63, 3.8) is 0 Å². The van der Waals surface area contributed by atoms with Crippen molar-refractivity contribution in [3.8, 4) is 0 Å². The quantitative estimate of drug-likeness (QED) is 0.628. The molecule has 0 aliphatic carbocycles. The highest BCUT2D eigenvalue weighted by atomic mass is 16.5. The van der Waals surface area contributed by atoms with Crippen LogP contribution in [0.3, 0.4) is 0 Å². The van der Waals surface area contributed by atoms with Crippen LogP contribution in [-0.2, 0) is 16.0 Å². The maximum Gasteiger partial charge on any atom is 0.271 e. The van der Waals surface area contributed by atoms with E-state index in [9.17, 15) is 4.79 Å². The Kier molecular flexibility index (Phi) is 6.91. The van der Waals surface area contributed by atoms with E-state index in [1.807, 2.05) is 6.92 Å². The van der Waals surface area contributed by atoms with E-state index in [-0.39, 0.29) is 5.91 Å². The number of aromatic nitrogens is 2. The van der Waals surface area contributed by atoms with Crippen molar-refractivity contribution in [1.29, 1.82) is 0 Å². The summed E-state index contributed by atoms with van der Waals surface area (Å²) in [6.07, 6.45) is 2.24. The molecule has 0 aliphatic rings. The van der Waals surface area contributed by atoms with Crippen LogP contribution in [0.15, 0.2) is 6.20 Å². The molecule has 1 heterocycles. The van der Waals surface area contributed by atoms with Gasteiger partial charge in [0.15, 0.2) is 0 Å². The van der Waals surface area contributed by atoms with E-state index < -0.39 is 0 Å². The predicted molar refractivity (Wildman–Crippen MR) is 72.0 cm³/mol. The summed E-state index contributed by atoms with van der Waals surface area (Å²) in [6.45, 7) is 4.80. The van der Waals surface area contributed by atoms with Gasteiger partial charge in [0.1, 0.15) is 5.69 Å². The third-order valence-corrected chi connectivity index (χ3v) is 2.57. The Bertz CT molecular complexity index is 392. The van der Waals surface area contributed by atoms with Crippen LogP contribution in [0.5, 0.6) is 0 Å². The molecule has 19 heavy (non-hydrogen) atoms. The van der Waals surface area contributed by atoms with Gasteiger partial charge in [-0.1, -0.05) is 0 Å². The Labute approximate surface area is 113 Å². The Morgan fingerprint density at radius 1 is 1.47 bits per heavy atom. The van der Waals surface area contributed by atoms with Gasteiger partial charge in [-0.3, -0.25) is 9.48 Å². The molecule has 0 unspecified atom stereocenters. The third kappa shape index (κ3) is 4.88. The van der Waals surface area contributed by atoms with E-state index >= 15 is 0 Å². The second-order valence-electron chi connectivity index (χ2n) is 3.98. The first-order valence-corrected chi connectivity index (χ1v) is 6.36. The largest absolute Gasteiger partial charge is 0.396 e. The number of rotatable bonds is 9. The van der Waals surface area contributed by atoms with Crippen LogP contribution in [0.4, 0.5) is 5.69 Å². The number of carbonyl (C=O) groups is 1. The minimum Gasteiger partial charge on any atom is -0.396 e. The number of aryl methyl sites for hydroxylation is 1. The predicted octanol–water partition coefficient (Wildman–Crippen LogP) is 0.268. The van der Waals surface area contributed by atoms with Crippen LogP contribution in [-0.4, -0.2) is 49.2 Å². The number of anilines is 1. The molecule has 7 nitrogen and oxygen atoms in total. The molecule has 0 atom stereocenters. The smallest absolute Gasteiger partial charge is 0.271 e. The summed E-state index contributed by atoms with van der Waals surface area (Å²) < 4.78 is 11.7. The summed E-state index contributed by atoms with van der Waals surface area (Å²) in [4.78, 5) is 11.9. The summed E-state index contributed by atoms with van der Waals surface area (Å²) in [5.74, 6) is -0.200. The average Bonchev–Trinajstić information content (AvgIpc) is 2.78. The zero-order chi connectivity index (χ0) is 14.1. The van der Waals surface area contributed by atoms with Crippen LogP contribution in [0, 0.1) is 0 Å². The van der Waals surface area contributed by atoms with Crippen molar-refractivity contribution in [2.45, 2.75) is 19.9 Å². The molecule has 0 aromatic carbocycles. The molecule has 7 heteroatoms. The Morgan fingerprint density at radius 2 is 2.26 bits per heavy atom. The zero-order valence-corrected chi connectivity index (χ0v) is 11.5. The highest BCUT2D eigenvalue weighted by Gasteiger charge is 2.15. The van der Waals surface area contributed by atoms with Gasteiger partial charge in [-0.15, -0.1) is 0 Å². The van der Waals surface area contributed by atoms with Crippen molar-refractivity contribution < 1.29 is 14.3 Å². The fraction of sp³-hybridized carbons (Fsp3) is 0.667. The van der Waals surface area contributed by atoms with Crippen molar-refractivity contribution in [2.75, 3.05) is 39.2 Å². The lowest BCUT2D eigenvalue weighted by molar-refractivity contribution is 0.0688. The molecule has 0 fully saturated rings. The van der Waals surface area contributed by atoms with Gasteiger partial charge in [-0.25, -0.2) is 0 Å². The molecule has 1 amide bonds. The molecule has 0 spiro atoms. The average molecular weight is 270 g/mol. The van der Waals surface area contributed by atoms with Gasteiger partial charge in [0.05, 0.1) is 25.1 Å². The Morgan fingerprint density at radius 3 is 2.95 bits per heavy atom. The lowest BCUT2D eigenvalue weighted by Crippen LogP contribution is -2.28. The topological polar surface area (TPSA) is 91.4 Å². The van der Waals surface area contributed by atoms with Gasteiger partial charge >= 0.3 is 0 Å². The number of hydrogen-bond donors (Lipinski definition) is 2. The Hall–Kier alpha value is -1.60. The van der Waals surface area contributed by atoms with Gasteiger partial charge in [0, 0.05) is 26.8 Å². The maximum absolute atomic E-state index is 11.9. The SMILES string of the molecule is CCn1ncc(N)c1C(=O)NCCCOCCOC. The molecule has 0 radical (unpaired) electrons. The molecule has 0 bridgehead atoms. The third-order valence-electron chi connectivity index (χ3n) is 2.57. The molecule has 0 aliphatic heterocycles. The van der Waals surface area contributed by atoms with Crippen LogP contribution in [0.25, 0.3) is 0 Å². The van der Waals surface area contributed by atoms with E-state index in [4.69, 9.17) is 15.2 Å². The number of nitrogens with one attached hydrogen (secondary N) is 1. The van der Waals surface area contributed by atoms with Crippen molar-refractivity contribution >= 4 is 11.6 Å². The van der Waals surface area contributed by atoms with Gasteiger partial charge in [0.25, 0.3) is 5.91 Å². The fourth-order valence-corrected chi connectivity index (χ4v) is 1.59. The summed E-state index contributed by atoms with van der Waals surface area (Å²) in [7, 11) is 1.63. The highest BCUT2D eigenvalue weighted by Crippen LogP contribution is 2.10. The second kappa shape index (κ2) is 8.49. The number of nitrogens with two attached hydrogens (primary N) is 1. The fourth-order valence-electron chi connectivity index (χ4n) is 1.59. The van der Waals surface area contributed by atoms with E-state index in [2.05, 4.69) is 10.4 Å². The number of carbonyl (C=O) groups excluding carboxylic acids is 1. The van der Waals surface area contributed by atoms with Crippen molar-refractivity contribution in [1.82, 2.24) is 15.1 Å². The first-order valence-electron chi connectivity index (χ1n) is 6.36. The molecular formula is C12H22N4O3. The monoisotopic (exact) mass is 270 g/mol. The van der Waals surface area contributed by atoms with Crippen LogP contribution < -0.4 is 11.1 Å². The Balaban J connectivity index is 2.26. The normalized spacial score (nSPS) is 10.6. The van der Waals surface area contributed by atoms with Crippen molar-refractivity contribution in [3.05, 3.63) is 11.9 Å². The summed E-state index contributed by atoms with van der Waals surface area (Å²) in [5.41, 5.74) is 6.54. The molecule has 1 aromatic rings. The molecule has 3 N–H and O–H groups in total. The maximum atomic E-state index is 11.9. The molecule has 1 rings (SSSR count). The van der Waals surface area contributed by atoms with Gasteiger partial charge in [-0.2, -0.15) is 5.10 Å². The molecular weight excluding hydrogens is 248 g/mol. The minimum absolute atomic E-state index is 0.200. The first kappa shape index (κ1) is 15.5. The number of nitrogens with zero attached hydrogens (tertiary/aromatic N) is 2. The standard InChI is InChI=1S/C12H22N4O3/c1-3-16-11(10(13)9-15-16)12(17)14-5-4-6-19-8-7-18-2/h9H,3-8,13H2,1-2H3,(H,14,17). The molecule has 1 aromatic heterocycles. The number of nitrogen functional groups attached to an aromatic ring is 1. The van der Waals surface area contributed by atoms with E-state index in [1.165, 1.54) is 6.20 Å². The molecule has 0 saturated carbocycles. The first-order chi connectivity index (χ1) is 9.20. The van der Waals surface area contributed by atoms with E-state index in [0.717, 1.165) is 6.42 Å². The number of hydrogen-bond acceptors (Lipinski definition) is 5. The lowest BCUT2D eigenvalue weighted by Gasteiger charge is -2.08. The zero-order valence-electron chi connectivity index (χ0n) is 11.5. The number of methoxy groups -OCH3 is 1. The lowest BCUT2D eigenvalue weighted by atomic mass is 10.3. The van der Waals surface area contributed by atoms with E-state index in [0.29, 0.717) is 44.3 Å². The molecule has 0 saturated heterocycles. The van der Waals surface area contributed by atoms with Crippen LogP contribution >= 0.6 is 0 Å². The van der Waals surface area contributed by atoms with Crippen molar-refractivity contribution in [2.24, 2.45) is 0 Å². The van der Waals surface area contributed by atoms with Gasteiger partial charge in [0.2, 0.25) is 0 Å².